The first-order valence-electron chi connectivity index (χ1n) is 10.2. The van der Waals surface area contributed by atoms with Gasteiger partial charge >= 0.3 is 0 Å². The molecule has 0 atom stereocenters. The first-order valence-corrected chi connectivity index (χ1v) is 10.2. The third-order valence-electron chi connectivity index (χ3n) is 5.19. The Hall–Kier alpha value is -3.27. The molecule has 1 fully saturated rings. The molecule has 0 aliphatic carbocycles. The van der Waals surface area contributed by atoms with Crippen LogP contribution in [0.5, 0.6) is 17.2 Å². The molecule has 0 amide bonds. The highest BCUT2D eigenvalue weighted by Gasteiger charge is 2.21. The van der Waals surface area contributed by atoms with Crippen molar-refractivity contribution >= 4 is 28.6 Å². The first kappa shape index (κ1) is 21.0. The Kier molecular flexibility index (Phi) is 5.99. The monoisotopic (exact) mass is 428 g/mol. The molecule has 4 rings (SSSR count). The maximum Gasteiger partial charge on any atom is 0.229 e. The number of benzene rings is 1. The zero-order valence-electron chi connectivity index (χ0n) is 18.5. The number of hydrogen-bond acceptors (Lipinski definition) is 9. The van der Waals surface area contributed by atoms with Crippen LogP contribution in [0.1, 0.15) is 19.9 Å². The topological polar surface area (TPSA) is 95.8 Å². The smallest absolute Gasteiger partial charge is 0.229 e. The van der Waals surface area contributed by atoms with E-state index in [1.165, 1.54) is 0 Å². The highest BCUT2D eigenvalue weighted by molar-refractivity contribution is 5.87. The summed E-state index contributed by atoms with van der Waals surface area (Å²) in [7, 11) is 4.75. The molecule has 10 nitrogen and oxygen atoms in total. The summed E-state index contributed by atoms with van der Waals surface area (Å²) >= 11 is 0. The van der Waals surface area contributed by atoms with Crippen LogP contribution in [0.2, 0.25) is 0 Å². The molecule has 0 radical (unpaired) electrons. The van der Waals surface area contributed by atoms with E-state index in [4.69, 9.17) is 28.9 Å². The van der Waals surface area contributed by atoms with Gasteiger partial charge in [-0.3, -0.25) is 0 Å². The van der Waals surface area contributed by atoms with Crippen LogP contribution in [0.15, 0.2) is 18.5 Å². The molecular formula is C21H28N6O4. The number of nitrogens with one attached hydrogen (secondary N) is 1. The van der Waals surface area contributed by atoms with Crippen LogP contribution in [0.3, 0.4) is 0 Å². The van der Waals surface area contributed by atoms with E-state index in [9.17, 15) is 0 Å². The Balaban J connectivity index is 1.81. The van der Waals surface area contributed by atoms with Crippen molar-refractivity contribution in [3.8, 4) is 17.2 Å². The fourth-order valence-corrected chi connectivity index (χ4v) is 3.56. The maximum atomic E-state index is 5.48. The summed E-state index contributed by atoms with van der Waals surface area (Å²) in [6.45, 7) is 6.99. The number of nitrogens with zero attached hydrogens (tertiary/aromatic N) is 5. The summed E-state index contributed by atoms with van der Waals surface area (Å²) in [5.41, 5.74) is 2.21. The zero-order chi connectivity index (χ0) is 22.0. The third kappa shape index (κ3) is 4.02. The Morgan fingerprint density at radius 2 is 1.68 bits per heavy atom. The van der Waals surface area contributed by atoms with Crippen LogP contribution >= 0.6 is 0 Å². The van der Waals surface area contributed by atoms with Crippen LogP contribution in [-0.4, -0.2) is 67.2 Å². The summed E-state index contributed by atoms with van der Waals surface area (Å²) in [6.07, 6.45) is 1.80. The second kappa shape index (κ2) is 8.84. The van der Waals surface area contributed by atoms with E-state index in [2.05, 4.69) is 29.0 Å². The van der Waals surface area contributed by atoms with Crippen molar-refractivity contribution < 1.29 is 18.9 Å². The molecule has 166 valence electrons. The predicted octanol–water partition coefficient (Wildman–Crippen LogP) is 3.01. The lowest BCUT2D eigenvalue weighted by Gasteiger charge is -2.27. The quantitative estimate of drug-likeness (QED) is 0.609. The van der Waals surface area contributed by atoms with Gasteiger partial charge in [0.25, 0.3) is 0 Å². The van der Waals surface area contributed by atoms with E-state index in [1.807, 2.05) is 16.7 Å². The van der Waals surface area contributed by atoms with Crippen molar-refractivity contribution in [1.82, 2.24) is 19.5 Å². The number of methoxy groups -OCH3 is 3. The van der Waals surface area contributed by atoms with Crippen LogP contribution in [0, 0.1) is 0 Å². The molecule has 1 aromatic carbocycles. The highest BCUT2D eigenvalue weighted by Crippen LogP contribution is 2.41. The minimum Gasteiger partial charge on any atom is -0.493 e. The van der Waals surface area contributed by atoms with Crippen LogP contribution in [-0.2, 0) is 4.74 Å². The van der Waals surface area contributed by atoms with Crippen molar-refractivity contribution in [2.24, 2.45) is 0 Å². The average molecular weight is 428 g/mol. The Morgan fingerprint density at radius 3 is 2.26 bits per heavy atom. The van der Waals surface area contributed by atoms with E-state index in [0.717, 1.165) is 24.4 Å². The molecule has 0 unspecified atom stereocenters. The molecule has 10 heteroatoms. The van der Waals surface area contributed by atoms with E-state index < -0.39 is 0 Å². The van der Waals surface area contributed by atoms with E-state index in [1.54, 1.807) is 27.7 Å². The maximum absolute atomic E-state index is 5.48. The molecule has 3 heterocycles. The number of morpholine rings is 1. The molecule has 2 aromatic heterocycles. The molecule has 0 bridgehead atoms. The molecule has 0 saturated carbocycles. The van der Waals surface area contributed by atoms with E-state index in [0.29, 0.717) is 47.7 Å². The number of hydrogen-bond donors (Lipinski definition) is 1. The van der Waals surface area contributed by atoms with E-state index >= 15 is 0 Å². The molecule has 31 heavy (non-hydrogen) atoms. The lowest BCUT2D eigenvalue weighted by molar-refractivity contribution is 0.122. The minimum atomic E-state index is 0.214. The molecule has 3 aromatic rings. The minimum absolute atomic E-state index is 0.214. The normalized spacial score (nSPS) is 14.2. The van der Waals surface area contributed by atoms with Crippen LogP contribution in [0.4, 0.5) is 17.5 Å². The summed E-state index contributed by atoms with van der Waals surface area (Å²) in [5.74, 6) is 2.89. The van der Waals surface area contributed by atoms with Gasteiger partial charge in [-0.1, -0.05) is 0 Å². The molecule has 1 aliphatic heterocycles. The fourth-order valence-electron chi connectivity index (χ4n) is 3.56. The number of anilines is 3. The van der Waals surface area contributed by atoms with Crippen LogP contribution in [0.25, 0.3) is 11.2 Å². The van der Waals surface area contributed by atoms with Gasteiger partial charge in [-0.2, -0.15) is 9.97 Å². The Bertz CT molecular complexity index is 1040. The standard InChI is InChI=1S/C21H28N6O4/c1-13(2)27-12-22-17-19(24-21(25-20(17)27)26-6-8-31-9-7-26)23-14-10-15(28-3)18(30-5)16(11-14)29-4/h10-13H,6-9H2,1-5H3,(H,23,24,25). The number of imidazole rings is 1. The summed E-state index contributed by atoms with van der Waals surface area (Å²) < 4.78 is 23.9. The van der Waals surface area contributed by atoms with Crippen molar-refractivity contribution in [2.45, 2.75) is 19.9 Å². The number of ether oxygens (including phenoxy) is 4. The van der Waals surface area contributed by atoms with Crippen LogP contribution < -0.4 is 24.4 Å². The largest absolute Gasteiger partial charge is 0.493 e. The summed E-state index contributed by atoms with van der Waals surface area (Å²) in [6, 6.07) is 3.89. The van der Waals surface area contributed by atoms with E-state index in [-0.39, 0.29) is 6.04 Å². The molecule has 1 saturated heterocycles. The molecule has 1 aliphatic rings. The Labute approximate surface area is 181 Å². The van der Waals surface area contributed by atoms with Gasteiger partial charge in [-0.15, -0.1) is 0 Å². The van der Waals surface area contributed by atoms with Crippen molar-refractivity contribution in [3.05, 3.63) is 18.5 Å². The third-order valence-corrected chi connectivity index (χ3v) is 5.19. The fraction of sp³-hybridized carbons (Fsp3) is 0.476. The summed E-state index contributed by atoms with van der Waals surface area (Å²) in [5, 5.41) is 3.38. The van der Waals surface area contributed by atoms with Gasteiger partial charge < -0.3 is 33.7 Å². The average Bonchev–Trinajstić information content (AvgIpc) is 3.23. The first-order chi connectivity index (χ1) is 15.0. The second-order valence-corrected chi connectivity index (χ2v) is 7.43. The van der Waals surface area contributed by atoms with Gasteiger partial charge in [0.15, 0.2) is 28.5 Å². The van der Waals surface area contributed by atoms with Crippen molar-refractivity contribution in [2.75, 3.05) is 57.8 Å². The molecule has 0 spiro atoms. The van der Waals surface area contributed by atoms with Gasteiger partial charge in [0.05, 0.1) is 40.9 Å². The number of fused-ring (bicyclic) bond motifs is 1. The van der Waals surface area contributed by atoms with Gasteiger partial charge in [0.2, 0.25) is 11.7 Å². The Morgan fingerprint density at radius 1 is 1.00 bits per heavy atom. The van der Waals surface area contributed by atoms with Gasteiger partial charge in [-0.05, 0) is 13.8 Å². The highest BCUT2D eigenvalue weighted by atomic mass is 16.5. The summed E-state index contributed by atoms with van der Waals surface area (Å²) in [4.78, 5) is 16.3. The van der Waals surface area contributed by atoms with Gasteiger partial charge in [0.1, 0.15) is 0 Å². The predicted molar refractivity (Wildman–Crippen MR) is 118 cm³/mol. The molecular weight excluding hydrogens is 400 g/mol. The van der Waals surface area contributed by atoms with Gasteiger partial charge in [-0.25, -0.2) is 4.98 Å². The van der Waals surface area contributed by atoms with Gasteiger partial charge in [0, 0.05) is 37.0 Å². The lowest BCUT2D eigenvalue weighted by atomic mass is 10.2. The van der Waals surface area contributed by atoms with Crippen molar-refractivity contribution in [3.63, 3.8) is 0 Å². The molecule has 1 N–H and O–H groups in total. The number of rotatable bonds is 7. The lowest BCUT2D eigenvalue weighted by Crippen LogP contribution is -2.37. The zero-order valence-corrected chi connectivity index (χ0v) is 18.5. The van der Waals surface area contributed by atoms with Crippen molar-refractivity contribution in [1.29, 1.82) is 0 Å². The second-order valence-electron chi connectivity index (χ2n) is 7.43. The number of aromatic nitrogens is 4. The SMILES string of the molecule is COc1cc(Nc2nc(N3CCOCC3)nc3c2ncn3C(C)C)cc(OC)c1OC.